The first kappa shape index (κ1) is 17.9. The van der Waals surface area contributed by atoms with E-state index in [0.29, 0.717) is 16.5 Å². The molecule has 0 aliphatic heterocycles. The summed E-state index contributed by atoms with van der Waals surface area (Å²) in [4.78, 5) is 26.0. The fourth-order valence-corrected chi connectivity index (χ4v) is 2.09. The minimum Gasteiger partial charge on any atom is -0.428 e. The largest absolute Gasteiger partial charge is 0.516 e. The van der Waals surface area contributed by atoms with Gasteiger partial charge in [-0.25, -0.2) is 18.4 Å². The van der Waals surface area contributed by atoms with Gasteiger partial charge in [0.25, 0.3) is 0 Å². The molecule has 0 unspecified atom stereocenters. The molecule has 0 radical (unpaired) electrons. The average molecular weight is 340 g/mol. The van der Waals surface area contributed by atoms with Crippen molar-refractivity contribution >= 4 is 23.0 Å². The van der Waals surface area contributed by atoms with Crippen molar-refractivity contribution in [1.29, 1.82) is 0 Å². The molecule has 3 N–H and O–H groups in total. The Morgan fingerprint density at radius 3 is 2.50 bits per heavy atom. The van der Waals surface area contributed by atoms with Gasteiger partial charge in [-0.1, -0.05) is 0 Å². The molecule has 6 nitrogen and oxygen atoms in total. The fourth-order valence-electron chi connectivity index (χ4n) is 2.09. The maximum absolute atomic E-state index is 13.4. The molecule has 0 spiro atoms. The predicted octanol–water partition coefficient (Wildman–Crippen LogP) is 2.79. The first-order valence-electron chi connectivity index (χ1n) is 7.22. The second-order valence-corrected chi connectivity index (χ2v) is 6.32. The number of nitrogens with two attached hydrogens (primary N) is 1. The summed E-state index contributed by atoms with van der Waals surface area (Å²) in [5.74, 6) is -2.96. The van der Waals surface area contributed by atoms with E-state index in [1.54, 1.807) is 20.8 Å². The number of nitrogens with one attached hydrogen (secondary N) is 1. The molecule has 1 atom stereocenters. The van der Waals surface area contributed by atoms with Crippen molar-refractivity contribution in [3.05, 3.63) is 35.5 Å². The molecule has 1 heterocycles. The lowest BCUT2D eigenvalue weighted by atomic mass is 10.1. The van der Waals surface area contributed by atoms with Crippen LogP contribution in [0.3, 0.4) is 0 Å². The molecule has 0 amide bonds. The fraction of sp³-hybridized carbons (Fsp3) is 0.375. The van der Waals surface area contributed by atoms with Crippen LogP contribution in [0.25, 0.3) is 10.9 Å². The van der Waals surface area contributed by atoms with Crippen LogP contribution in [0.1, 0.15) is 26.3 Å². The maximum atomic E-state index is 13.4. The van der Waals surface area contributed by atoms with Crippen LogP contribution < -0.4 is 5.73 Å². The zero-order valence-corrected chi connectivity index (χ0v) is 13.5. The van der Waals surface area contributed by atoms with Gasteiger partial charge in [0.15, 0.2) is 11.6 Å². The Morgan fingerprint density at radius 1 is 1.25 bits per heavy atom. The van der Waals surface area contributed by atoms with Crippen LogP contribution in [-0.4, -0.2) is 28.8 Å². The molecule has 2 rings (SSSR count). The van der Waals surface area contributed by atoms with E-state index in [1.165, 1.54) is 6.20 Å². The summed E-state index contributed by atoms with van der Waals surface area (Å²) in [6.45, 7) is 4.87. The smallest absolute Gasteiger partial charge is 0.428 e. The summed E-state index contributed by atoms with van der Waals surface area (Å²) in [5.41, 5.74) is 5.78. The average Bonchev–Trinajstić information content (AvgIpc) is 2.79. The standard InChI is InChI=1S/C16H18F2N2O4/c1-16(2,3)24-15(22)23-14(21)12(19)4-8-7-20-13-6-11(18)10(17)5-9(8)13/h5-7,12,20H,4,19H2,1-3H3/t12-/m0/s1. The van der Waals surface area contributed by atoms with Gasteiger partial charge in [-0.2, -0.15) is 0 Å². The predicted molar refractivity (Wildman–Crippen MR) is 82.2 cm³/mol. The third kappa shape index (κ3) is 4.29. The SMILES string of the molecule is CC(C)(C)OC(=O)OC(=O)[C@@H](N)Cc1c[nH]c2cc(F)c(F)cc12. The molecule has 0 fully saturated rings. The summed E-state index contributed by atoms with van der Waals surface area (Å²) in [6, 6.07) is 0.867. The highest BCUT2D eigenvalue weighted by Gasteiger charge is 2.25. The van der Waals surface area contributed by atoms with Crippen LogP contribution in [0, 0.1) is 11.6 Å². The molecule has 1 aromatic carbocycles. The quantitative estimate of drug-likeness (QED) is 0.662. The van der Waals surface area contributed by atoms with E-state index in [4.69, 9.17) is 10.5 Å². The third-order valence-corrected chi connectivity index (χ3v) is 3.12. The Kier molecular flexibility index (Phi) is 4.88. The van der Waals surface area contributed by atoms with E-state index in [9.17, 15) is 18.4 Å². The molecular formula is C16H18F2N2O4. The topological polar surface area (TPSA) is 94.4 Å². The highest BCUT2D eigenvalue weighted by molar-refractivity contribution is 5.87. The number of H-pyrrole nitrogens is 1. The van der Waals surface area contributed by atoms with E-state index >= 15 is 0 Å². The normalized spacial score (nSPS) is 12.9. The molecule has 130 valence electrons. The first-order valence-corrected chi connectivity index (χ1v) is 7.22. The van der Waals surface area contributed by atoms with Crippen LogP contribution in [0.4, 0.5) is 13.6 Å². The van der Waals surface area contributed by atoms with E-state index < -0.39 is 35.4 Å². The summed E-state index contributed by atoms with van der Waals surface area (Å²) >= 11 is 0. The van der Waals surface area contributed by atoms with Crippen molar-refractivity contribution in [2.75, 3.05) is 0 Å². The van der Waals surface area contributed by atoms with Gasteiger partial charge in [-0.3, -0.25) is 0 Å². The number of aromatic nitrogens is 1. The number of ether oxygens (including phenoxy) is 2. The molecule has 0 aliphatic rings. The van der Waals surface area contributed by atoms with Crippen molar-refractivity contribution in [2.45, 2.75) is 38.8 Å². The van der Waals surface area contributed by atoms with E-state index in [-0.39, 0.29) is 6.42 Å². The second-order valence-electron chi connectivity index (χ2n) is 6.32. The number of rotatable bonds is 3. The Hall–Kier alpha value is -2.48. The number of hydrogen-bond donors (Lipinski definition) is 2. The van der Waals surface area contributed by atoms with Gasteiger partial charge >= 0.3 is 12.1 Å². The van der Waals surface area contributed by atoms with Crippen molar-refractivity contribution in [2.24, 2.45) is 5.73 Å². The zero-order chi connectivity index (χ0) is 18.1. The van der Waals surface area contributed by atoms with Crippen LogP contribution in [0.2, 0.25) is 0 Å². The Balaban J connectivity index is 2.07. The lowest BCUT2D eigenvalue weighted by molar-refractivity contribution is -0.142. The third-order valence-electron chi connectivity index (χ3n) is 3.12. The Labute approximate surface area is 136 Å². The number of benzene rings is 1. The molecule has 8 heteroatoms. The summed E-state index contributed by atoms with van der Waals surface area (Å²) < 4.78 is 35.9. The summed E-state index contributed by atoms with van der Waals surface area (Å²) in [6.07, 6.45) is 0.326. The van der Waals surface area contributed by atoms with Crippen molar-refractivity contribution < 1.29 is 27.8 Å². The van der Waals surface area contributed by atoms with E-state index in [2.05, 4.69) is 9.72 Å². The number of esters is 1. The van der Waals surface area contributed by atoms with Crippen molar-refractivity contribution in [3.63, 3.8) is 0 Å². The number of carbonyl (C=O) groups excluding carboxylic acids is 2. The van der Waals surface area contributed by atoms with E-state index in [0.717, 1.165) is 12.1 Å². The molecule has 0 bridgehead atoms. The summed E-state index contributed by atoms with van der Waals surface area (Å²) in [5, 5.41) is 0.398. The van der Waals surface area contributed by atoms with Crippen molar-refractivity contribution in [3.8, 4) is 0 Å². The van der Waals surface area contributed by atoms with E-state index in [1.807, 2.05) is 0 Å². The van der Waals surface area contributed by atoms with Gasteiger partial charge < -0.3 is 20.2 Å². The summed E-state index contributed by atoms with van der Waals surface area (Å²) in [7, 11) is 0. The molecular weight excluding hydrogens is 322 g/mol. The molecule has 1 aromatic heterocycles. The van der Waals surface area contributed by atoms with Crippen LogP contribution >= 0.6 is 0 Å². The number of hydrogen-bond acceptors (Lipinski definition) is 5. The lowest BCUT2D eigenvalue weighted by Crippen LogP contribution is -2.37. The number of aromatic amines is 1. The van der Waals surface area contributed by atoms with Gasteiger partial charge in [0, 0.05) is 29.6 Å². The number of halogens is 2. The monoisotopic (exact) mass is 340 g/mol. The maximum Gasteiger partial charge on any atom is 0.516 e. The van der Waals surface area contributed by atoms with Gasteiger partial charge in [0.2, 0.25) is 0 Å². The van der Waals surface area contributed by atoms with Crippen LogP contribution in [0.15, 0.2) is 18.3 Å². The van der Waals surface area contributed by atoms with Gasteiger partial charge in [-0.05, 0) is 32.4 Å². The minimum atomic E-state index is -1.16. The molecule has 24 heavy (non-hydrogen) atoms. The second kappa shape index (κ2) is 6.56. The van der Waals surface area contributed by atoms with Crippen molar-refractivity contribution in [1.82, 2.24) is 4.98 Å². The number of carbonyl (C=O) groups is 2. The highest BCUT2D eigenvalue weighted by atomic mass is 19.2. The molecule has 2 aromatic rings. The molecule has 0 saturated carbocycles. The Morgan fingerprint density at radius 2 is 1.88 bits per heavy atom. The Bertz CT molecular complexity index is 780. The van der Waals surface area contributed by atoms with Gasteiger partial charge in [-0.15, -0.1) is 0 Å². The van der Waals surface area contributed by atoms with Gasteiger partial charge in [0.1, 0.15) is 11.6 Å². The minimum absolute atomic E-state index is 0.0211. The van der Waals surface area contributed by atoms with Crippen LogP contribution in [-0.2, 0) is 20.7 Å². The molecule has 0 aliphatic carbocycles. The zero-order valence-electron chi connectivity index (χ0n) is 13.5. The van der Waals surface area contributed by atoms with Crippen LogP contribution in [0.5, 0.6) is 0 Å². The number of fused-ring (bicyclic) bond motifs is 1. The molecule has 0 saturated heterocycles. The lowest BCUT2D eigenvalue weighted by Gasteiger charge is -2.19. The van der Waals surface area contributed by atoms with Gasteiger partial charge in [0.05, 0.1) is 0 Å². The first-order chi connectivity index (χ1) is 11.1. The highest BCUT2D eigenvalue weighted by Crippen LogP contribution is 2.22.